The predicted octanol–water partition coefficient (Wildman–Crippen LogP) is 1.06. The molecule has 1 saturated carbocycles. The van der Waals surface area contributed by atoms with Gasteiger partial charge in [0.15, 0.2) is 10.8 Å². The van der Waals surface area contributed by atoms with E-state index in [2.05, 4.69) is 17.1 Å². The smallest absolute Gasteiger partial charge is 0.293 e. The van der Waals surface area contributed by atoms with E-state index in [1.54, 1.807) is 19.2 Å². The van der Waals surface area contributed by atoms with E-state index < -0.39 is 22.2 Å². The molecule has 1 saturated heterocycles. The number of hydrogen-bond acceptors (Lipinski definition) is 7. The summed E-state index contributed by atoms with van der Waals surface area (Å²) in [5, 5.41) is 20.1. The first kappa shape index (κ1) is 14.9. The summed E-state index contributed by atoms with van der Waals surface area (Å²) in [6, 6.07) is 11.8. The van der Waals surface area contributed by atoms with Crippen LogP contribution < -0.4 is 10.5 Å². The number of amidine groups is 1. The van der Waals surface area contributed by atoms with Crippen molar-refractivity contribution in [1.82, 2.24) is 0 Å². The Morgan fingerprint density at radius 3 is 2.29 bits per heavy atom. The standard InChI is InChI=1S/C17H16N4O3/c1-14(11-3-5-12(22-2)6-4-11)15(9-18)13(20)21-17(16(14,15)10-19)23-7-8-24-17/h3-6H,7-8H2,1-2H3,(H2,20,21)/t14-,15+,16-/m1/s1. The second-order valence-corrected chi connectivity index (χ2v) is 6.35. The summed E-state index contributed by atoms with van der Waals surface area (Å²) >= 11 is 0. The molecule has 0 unspecified atom stereocenters. The SMILES string of the molecule is COc1ccc([C@]2(C)[C@]3(C#N)C(N)=NC4(OCCO4)[C@@]32C#N)cc1. The summed E-state index contributed by atoms with van der Waals surface area (Å²) in [6.07, 6.45) is 0. The maximum Gasteiger partial charge on any atom is 0.293 e. The van der Waals surface area contributed by atoms with Gasteiger partial charge in [0.1, 0.15) is 11.6 Å². The van der Waals surface area contributed by atoms with Crippen LogP contribution in [0.1, 0.15) is 12.5 Å². The van der Waals surface area contributed by atoms with Crippen LogP contribution >= 0.6 is 0 Å². The molecule has 1 aromatic rings. The van der Waals surface area contributed by atoms with Gasteiger partial charge in [-0.05, 0) is 17.7 Å². The number of benzene rings is 1. The Morgan fingerprint density at radius 1 is 1.17 bits per heavy atom. The van der Waals surface area contributed by atoms with Crippen LogP contribution in [0.5, 0.6) is 5.75 Å². The zero-order valence-corrected chi connectivity index (χ0v) is 13.4. The number of hydrogen-bond donors (Lipinski definition) is 1. The molecule has 7 heteroatoms. The topological polar surface area (TPSA) is 114 Å². The Morgan fingerprint density at radius 2 is 1.79 bits per heavy atom. The Labute approximate surface area is 139 Å². The molecule has 4 rings (SSSR count). The second-order valence-electron chi connectivity index (χ2n) is 6.35. The number of nitriles is 2. The third kappa shape index (κ3) is 1.15. The maximum absolute atomic E-state index is 10.1. The van der Waals surface area contributed by atoms with Gasteiger partial charge in [-0.25, -0.2) is 4.99 Å². The minimum absolute atomic E-state index is 0.0896. The Balaban J connectivity index is 1.95. The molecule has 2 fully saturated rings. The number of rotatable bonds is 2. The van der Waals surface area contributed by atoms with Crippen molar-refractivity contribution < 1.29 is 14.2 Å². The molecule has 1 aromatic carbocycles. The van der Waals surface area contributed by atoms with Gasteiger partial charge in [-0.15, -0.1) is 0 Å². The lowest BCUT2D eigenvalue weighted by atomic mass is 9.84. The van der Waals surface area contributed by atoms with E-state index in [-0.39, 0.29) is 5.84 Å². The van der Waals surface area contributed by atoms with E-state index in [0.29, 0.717) is 19.0 Å². The van der Waals surface area contributed by atoms with Crippen molar-refractivity contribution in [3.63, 3.8) is 0 Å². The van der Waals surface area contributed by atoms with Crippen molar-refractivity contribution in [2.45, 2.75) is 18.2 Å². The predicted molar refractivity (Wildman–Crippen MR) is 82.7 cm³/mol. The molecule has 2 heterocycles. The number of methoxy groups -OCH3 is 1. The average molecular weight is 324 g/mol. The fraction of sp³-hybridized carbons (Fsp3) is 0.471. The summed E-state index contributed by atoms with van der Waals surface area (Å²) in [6.45, 7) is 2.45. The number of fused-ring (bicyclic) bond motifs is 2. The zero-order valence-electron chi connectivity index (χ0n) is 13.4. The Kier molecular flexibility index (Phi) is 2.66. The molecule has 2 N–H and O–H groups in total. The van der Waals surface area contributed by atoms with Crippen molar-refractivity contribution in [1.29, 1.82) is 10.5 Å². The molecular weight excluding hydrogens is 308 g/mol. The zero-order chi connectivity index (χ0) is 17.2. The third-order valence-corrected chi connectivity index (χ3v) is 5.81. The van der Waals surface area contributed by atoms with Gasteiger partial charge in [0.25, 0.3) is 5.91 Å². The minimum atomic E-state index is -1.52. The van der Waals surface area contributed by atoms with Crippen LogP contribution in [0.2, 0.25) is 0 Å². The van der Waals surface area contributed by atoms with Crippen molar-refractivity contribution in [2.24, 2.45) is 21.6 Å². The number of aliphatic imine (C=N–C) groups is 1. The second kappa shape index (κ2) is 4.27. The number of nitrogens with zero attached hydrogens (tertiary/aromatic N) is 3. The lowest BCUT2D eigenvalue weighted by Crippen LogP contribution is -2.42. The molecule has 0 bridgehead atoms. The molecule has 3 atom stereocenters. The first-order chi connectivity index (χ1) is 11.5. The molecule has 3 aliphatic rings. The minimum Gasteiger partial charge on any atom is -0.497 e. The molecule has 2 aliphatic heterocycles. The molecule has 122 valence electrons. The maximum atomic E-state index is 10.1. The third-order valence-electron chi connectivity index (χ3n) is 5.81. The highest BCUT2D eigenvalue weighted by molar-refractivity contribution is 6.02. The van der Waals surface area contributed by atoms with Crippen molar-refractivity contribution >= 4 is 5.84 Å². The lowest BCUT2D eigenvalue weighted by Gasteiger charge is -2.29. The molecular formula is C17H16N4O3. The molecule has 0 amide bonds. The van der Waals surface area contributed by atoms with Gasteiger partial charge in [0.2, 0.25) is 0 Å². The average Bonchev–Trinajstić information content (AvgIpc) is 2.88. The van der Waals surface area contributed by atoms with E-state index in [9.17, 15) is 10.5 Å². The monoisotopic (exact) mass is 324 g/mol. The number of ether oxygens (including phenoxy) is 3. The van der Waals surface area contributed by atoms with E-state index in [1.807, 2.05) is 19.1 Å². The van der Waals surface area contributed by atoms with Crippen molar-refractivity contribution in [3.8, 4) is 17.9 Å². The van der Waals surface area contributed by atoms with Crippen LogP contribution in [-0.4, -0.2) is 32.1 Å². The van der Waals surface area contributed by atoms with Crippen molar-refractivity contribution in [3.05, 3.63) is 29.8 Å². The molecule has 1 aliphatic carbocycles. The molecule has 24 heavy (non-hydrogen) atoms. The van der Waals surface area contributed by atoms with Gasteiger partial charge in [0, 0.05) is 5.41 Å². The van der Waals surface area contributed by atoms with E-state index in [0.717, 1.165) is 5.56 Å². The fourth-order valence-corrected chi connectivity index (χ4v) is 4.61. The normalized spacial score (nSPS) is 38.1. The van der Waals surface area contributed by atoms with E-state index in [4.69, 9.17) is 19.9 Å². The van der Waals surface area contributed by atoms with Gasteiger partial charge in [-0.2, -0.15) is 10.5 Å². The van der Waals surface area contributed by atoms with Gasteiger partial charge < -0.3 is 19.9 Å². The molecule has 1 spiro atoms. The summed E-state index contributed by atoms with van der Waals surface area (Å²) in [5.41, 5.74) is 3.43. The van der Waals surface area contributed by atoms with Crippen LogP contribution in [0.25, 0.3) is 0 Å². The van der Waals surface area contributed by atoms with Crippen LogP contribution in [0.4, 0.5) is 0 Å². The summed E-state index contributed by atoms with van der Waals surface area (Å²) < 4.78 is 16.6. The largest absolute Gasteiger partial charge is 0.497 e. The lowest BCUT2D eigenvalue weighted by molar-refractivity contribution is -0.187. The van der Waals surface area contributed by atoms with Gasteiger partial charge in [-0.3, -0.25) is 0 Å². The van der Waals surface area contributed by atoms with Crippen molar-refractivity contribution in [2.75, 3.05) is 20.3 Å². The first-order valence-corrected chi connectivity index (χ1v) is 7.60. The Hall–Kier alpha value is -2.61. The highest BCUT2D eigenvalue weighted by atomic mass is 16.8. The Bertz CT molecular complexity index is 831. The van der Waals surface area contributed by atoms with Gasteiger partial charge >= 0.3 is 0 Å². The van der Waals surface area contributed by atoms with E-state index >= 15 is 0 Å². The summed E-state index contributed by atoms with van der Waals surface area (Å²) in [4.78, 5) is 4.27. The van der Waals surface area contributed by atoms with E-state index in [1.165, 1.54) is 0 Å². The summed E-state index contributed by atoms with van der Waals surface area (Å²) in [7, 11) is 1.58. The number of nitrogens with two attached hydrogens (primary N) is 1. The molecule has 0 radical (unpaired) electrons. The van der Waals surface area contributed by atoms with Gasteiger partial charge in [-0.1, -0.05) is 19.1 Å². The molecule has 0 aromatic heterocycles. The fourth-order valence-electron chi connectivity index (χ4n) is 4.61. The van der Waals surface area contributed by atoms with Crippen LogP contribution in [-0.2, 0) is 14.9 Å². The van der Waals surface area contributed by atoms with Crippen LogP contribution in [0.3, 0.4) is 0 Å². The van der Waals surface area contributed by atoms with Crippen LogP contribution in [0.15, 0.2) is 29.3 Å². The van der Waals surface area contributed by atoms with Gasteiger partial charge in [0.05, 0.1) is 32.5 Å². The first-order valence-electron chi connectivity index (χ1n) is 7.60. The quantitative estimate of drug-likeness (QED) is 0.870. The van der Waals surface area contributed by atoms with Crippen LogP contribution in [0, 0.1) is 33.5 Å². The highest BCUT2D eigenvalue weighted by Gasteiger charge is 3.00. The molecule has 7 nitrogen and oxygen atoms in total. The highest BCUT2D eigenvalue weighted by Crippen LogP contribution is 2.85. The summed E-state index contributed by atoms with van der Waals surface area (Å²) in [5.74, 6) is -0.738.